The predicted octanol–water partition coefficient (Wildman–Crippen LogP) is 3.42. The molecule has 23 heavy (non-hydrogen) atoms. The van der Waals surface area contributed by atoms with E-state index in [2.05, 4.69) is 43.4 Å². The smallest absolute Gasteiger partial charge is 0.237 e. The summed E-state index contributed by atoms with van der Waals surface area (Å²) in [5.41, 5.74) is 9.43. The van der Waals surface area contributed by atoms with Gasteiger partial charge in [0, 0.05) is 6.54 Å². The lowest BCUT2D eigenvalue weighted by Crippen LogP contribution is -2.41. The van der Waals surface area contributed by atoms with Gasteiger partial charge in [0.2, 0.25) is 5.91 Å². The molecule has 0 saturated heterocycles. The van der Waals surface area contributed by atoms with Gasteiger partial charge in [0.15, 0.2) is 0 Å². The van der Waals surface area contributed by atoms with Gasteiger partial charge in [-0.05, 0) is 29.0 Å². The third kappa shape index (κ3) is 6.05. The Hall–Kier alpha value is -1.84. The fourth-order valence-electron chi connectivity index (χ4n) is 2.30. The van der Waals surface area contributed by atoms with Gasteiger partial charge in [-0.3, -0.25) is 4.79 Å². The van der Waals surface area contributed by atoms with E-state index >= 15 is 0 Å². The Balaban J connectivity index is 0.00000264. The summed E-state index contributed by atoms with van der Waals surface area (Å²) in [6, 6.07) is 17.6. The molecule has 0 aliphatic rings. The third-order valence-corrected chi connectivity index (χ3v) is 3.75. The zero-order valence-electron chi connectivity index (χ0n) is 13.7. The number of amides is 1. The fraction of sp³-hybridized carbons (Fsp3) is 0.316. The van der Waals surface area contributed by atoms with Crippen LogP contribution in [0.4, 0.5) is 0 Å². The van der Waals surface area contributed by atoms with Gasteiger partial charge in [0.25, 0.3) is 0 Å². The van der Waals surface area contributed by atoms with Crippen LogP contribution in [0.5, 0.6) is 0 Å². The molecular weight excluding hydrogens is 308 g/mol. The maximum atomic E-state index is 12.1. The molecule has 124 valence electrons. The van der Waals surface area contributed by atoms with Crippen molar-refractivity contribution in [3.8, 4) is 0 Å². The Morgan fingerprint density at radius 2 is 1.61 bits per heavy atom. The molecule has 1 amide bonds. The lowest BCUT2D eigenvalue weighted by molar-refractivity contribution is -0.122. The van der Waals surface area contributed by atoms with Crippen molar-refractivity contribution in [3.05, 3.63) is 71.3 Å². The molecule has 0 aliphatic carbocycles. The number of benzene rings is 2. The van der Waals surface area contributed by atoms with Crippen molar-refractivity contribution in [3.63, 3.8) is 0 Å². The van der Waals surface area contributed by atoms with Gasteiger partial charge in [0.05, 0.1) is 6.04 Å². The van der Waals surface area contributed by atoms with Crippen LogP contribution in [0.25, 0.3) is 0 Å². The highest BCUT2D eigenvalue weighted by molar-refractivity contribution is 5.85. The number of nitrogens with two attached hydrogens (primary N) is 1. The summed E-state index contributed by atoms with van der Waals surface area (Å²) in [6.45, 7) is 4.85. The first kappa shape index (κ1) is 19.2. The van der Waals surface area contributed by atoms with Crippen LogP contribution in [0.3, 0.4) is 0 Å². The maximum Gasteiger partial charge on any atom is 0.237 e. The molecule has 2 aromatic rings. The van der Waals surface area contributed by atoms with E-state index in [0.717, 1.165) is 11.1 Å². The van der Waals surface area contributed by atoms with Crippen molar-refractivity contribution in [2.24, 2.45) is 5.73 Å². The molecule has 1 unspecified atom stereocenters. The molecule has 4 heteroatoms. The van der Waals surface area contributed by atoms with Crippen LogP contribution < -0.4 is 11.1 Å². The average molecular weight is 333 g/mol. The van der Waals surface area contributed by atoms with Crippen LogP contribution in [0.1, 0.15) is 36.5 Å². The van der Waals surface area contributed by atoms with Gasteiger partial charge in [-0.1, -0.05) is 68.4 Å². The van der Waals surface area contributed by atoms with Crippen molar-refractivity contribution in [2.45, 2.75) is 38.8 Å². The van der Waals surface area contributed by atoms with E-state index in [1.165, 1.54) is 5.56 Å². The zero-order valence-corrected chi connectivity index (χ0v) is 14.5. The summed E-state index contributed by atoms with van der Waals surface area (Å²) in [5, 5.41) is 2.90. The number of halogens is 1. The number of nitrogens with one attached hydrogen (secondary N) is 1. The molecule has 0 saturated carbocycles. The maximum absolute atomic E-state index is 12.1. The minimum Gasteiger partial charge on any atom is -0.351 e. The molecule has 0 aromatic heterocycles. The molecule has 0 radical (unpaired) electrons. The van der Waals surface area contributed by atoms with Crippen molar-refractivity contribution < 1.29 is 4.79 Å². The first-order valence-electron chi connectivity index (χ1n) is 7.72. The highest BCUT2D eigenvalue weighted by Gasteiger charge is 2.13. The van der Waals surface area contributed by atoms with Gasteiger partial charge in [-0.15, -0.1) is 12.4 Å². The molecule has 3 N–H and O–H groups in total. The lowest BCUT2D eigenvalue weighted by atomic mass is 10.0. The zero-order chi connectivity index (χ0) is 15.9. The Bertz CT molecular complexity index is 597. The molecule has 0 heterocycles. The minimum atomic E-state index is -0.516. The van der Waals surface area contributed by atoms with Crippen LogP contribution >= 0.6 is 12.4 Å². The first-order valence-corrected chi connectivity index (χ1v) is 7.72. The Kier molecular flexibility index (Phi) is 7.79. The monoisotopic (exact) mass is 332 g/mol. The minimum absolute atomic E-state index is 0. The van der Waals surface area contributed by atoms with Crippen molar-refractivity contribution in [1.82, 2.24) is 5.32 Å². The van der Waals surface area contributed by atoms with E-state index in [1.54, 1.807) is 0 Å². The number of rotatable bonds is 6. The molecule has 0 fully saturated rings. The third-order valence-electron chi connectivity index (χ3n) is 3.75. The summed E-state index contributed by atoms with van der Waals surface area (Å²) in [7, 11) is 0. The van der Waals surface area contributed by atoms with Crippen molar-refractivity contribution >= 4 is 18.3 Å². The van der Waals surface area contributed by atoms with Gasteiger partial charge < -0.3 is 11.1 Å². The highest BCUT2D eigenvalue weighted by Crippen LogP contribution is 2.14. The normalized spacial score (nSPS) is 11.7. The van der Waals surface area contributed by atoms with E-state index < -0.39 is 6.04 Å². The topological polar surface area (TPSA) is 55.1 Å². The van der Waals surface area contributed by atoms with Crippen LogP contribution in [0.2, 0.25) is 0 Å². The largest absolute Gasteiger partial charge is 0.351 e. The van der Waals surface area contributed by atoms with Crippen molar-refractivity contribution in [1.29, 1.82) is 0 Å². The predicted molar refractivity (Wildman–Crippen MR) is 97.7 cm³/mol. The molecule has 3 nitrogen and oxygen atoms in total. The summed E-state index contributed by atoms with van der Waals surface area (Å²) >= 11 is 0. The van der Waals surface area contributed by atoms with E-state index in [-0.39, 0.29) is 18.3 Å². The highest BCUT2D eigenvalue weighted by atomic mass is 35.5. The quantitative estimate of drug-likeness (QED) is 0.851. The number of carbonyl (C=O) groups is 1. The Morgan fingerprint density at radius 1 is 1.00 bits per heavy atom. The lowest BCUT2D eigenvalue weighted by Gasteiger charge is -2.13. The van der Waals surface area contributed by atoms with Crippen LogP contribution in [-0.4, -0.2) is 11.9 Å². The second-order valence-corrected chi connectivity index (χ2v) is 5.91. The average Bonchev–Trinajstić information content (AvgIpc) is 2.53. The summed E-state index contributed by atoms with van der Waals surface area (Å²) < 4.78 is 0. The molecule has 1 atom stereocenters. The SMILES string of the molecule is CC(C)c1ccc(CNC(=O)C(N)Cc2ccccc2)cc1.Cl. The summed E-state index contributed by atoms with van der Waals surface area (Å²) in [6.07, 6.45) is 0.555. The van der Waals surface area contributed by atoms with Crippen LogP contribution in [0, 0.1) is 0 Å². The van der Waals surface area contributed by atoms with E-state index in [1.807, 2.05) is 30.3 Å². The first-order chi connectivity index (χ1) is 10.6. The number of hydrogen-bond acceptors (Lipinski definition) is 2. The molecule has 0 spiro atoms. The van der Waals surface area contributed by atoms with Crippen LogP contribution in [-0.2, 0) is 17.8 Å². The standard InChI is InChI=1S/C19H24N2O.ClH/c1-14(2)17-10-8-16(9-11-17)13-21-19(22)18(20)12-15-6-4-3-5-7-15;/h3-11,14,18H,12-13,20H2,1-2H3,(H,21,22);1H. The Morgan fingerprint density at radius 3 is 2.17 bits per heavy atom. The molecule has 0 bridgehead atoms. The number of carbonyl (C=O) groups excluding carboxylic acids is 1. The van der Waals surface area contributed by atoms with E-state index in [0.29, 0.717) is 18.9 Å². The van der Waals surface area contributed by atoms with Gasteiger partial charge in [-0.2, -0.15) is 0 Å². The molecule has 2 rings (SSSR count). The second-order valence-electron chi connectivity index (χ2n) is 5.91. The van der Waals surface area contributed by atoms with E-state index in [4.69, 9.17) is 5.73 Å². The molecule has 0 aliphatic heterocycles. The van der Waals surface area contributed by atoms with Gasteiger partial charge in [0.1, 0.15) is 0 Å². The molecular formula is C19H25ClN2O. The van der Waals surface area contributed by atoms with Gasteiger partial charge >= 0.3 is 0 Å². The Labute approximate surface area is 144 Å². The fourth-order valence-corrected chi connectivity index (χ4v) is 2.30. The summed E-state index contributed by atoms with van der Waals surface area (Å²) in [5.74, 6) is 0.403. The molecule has 2 aromatic carbocycles. The second kappa shape index (κ2) is 9.33. The van der Waals surface area contributed by atoms with E-state index in [9.17, 15) is 4.79 Å². The van der Waals surface area contributed by atoms with Crippen molar-refractivity contribution in [2.75, 3.05) is 0 Å². The van der Waals surface area contributed by atoms with Crippen LogP contribution in [0.15, 0.2) is 54.6 Å². The van der Waals surface area contributed by atoms with Gasteiger partial charge in [-0.25, -0.2) is 0 Å². The number of hydrogen-bond donors (Lipinski definition) is 2. The summed E-state index contributed by atoms with van der Waals surface area (Å²) in [4.78, 5) is 12.1.